The van der Waals surface area contributed by atoms with Gasteiger partial charge in [0.05, 0.1) is 0 Å². The van der Waals surface area contributed by atoms with Crippen LogP contribution < -0.4 is 10.6 Å². The Bertz CT molecular complexity index is 435. The highest BCUT2D eigenvalue weighted by molar-refractivity contribution is 5.33. The smallest absolute Gasteiger partial charge is 0.340 e. The van der Waals surface area contributed by atoms with Gasteiger partial charge in [0.1, 0.15) is 5.69 Å². The zero-order chi connectivity index (χ0) is 13.4. The number of nitrogens with two attached hydrogens (primary N) is 1. The van der Waals surface area contributed by atoms with Crippen LogP contribution in [0.15, 0.2) is 12.3 Å². The Labute approximate surface area is 103 Å². The summed E-state index contributed by atoms with van der Waals surface area (Å²) in [7, 11) is 0. The summed E-state index contributed by atoms with van der Waals surface area (Å²) >= 11 is 0. The molecule has 0 aliphatic carbocycles. The molecule has 0 spiro atoms. The second-order valence-corrected chi connectivity index (χ2v) is 4.93. The van der Waals surface area contributed by atoms with Crippen molar-refractivity contribution in [2.24, 2.45) is 11.1 Å². The summed E-state index contributed by atoms with van der Waals surface area (Å²) in [4.78, 5) is 9.24. The van der Waals surface area contributed by atoms with Gasteiger partial charge in [0.25, 0.3) is 0 Å². The second kappa shape index (κ2) is 4.38. The summed E-state index contributed by atoms with van der Waals surface area (Å²) < 4.78 is 37.6. The van der Waals surface area contributed by atoms with Crippen LogP contribution in [0.25, 0.3) is 0 Å². The molecule has 0 saturated carbocycles. The van der Waals surface area contributed by atoms with Gasteiger partial charge in [-0.1, -0.05) is 6.92 Å². The van der Waals surface area contributed by atoms with Gasteiger partial charge >= 0.3 is 6.18 Å². The van der Waals surface area contributed by atoms with Gasteiger partial charge in [-0.05, 0) is 24.4 Å². The van der Waals surface area contributed by atoms with Crippen molar-refractivity contribution in [1.82, 2.24) is 9.97 Å². The van der Waals surface area contributed by atoms with E-state index in [9.17, 15) is 13.2 Å². The van der Waals surface area contributed by atoms with Crippen LogP contribution in [0.5, 0.6) is 0 Å². The SMILES string of the molecule is CC1(CN)CCN(c2nccc(C(F)(F)F)n2)C1. The monoisotopic (exact) mass is 260 g/mol. The lowest BCUT2D eigenvalue weighted by Crippen LogP contribution is -2.32. The summed E-state index contributed by atoms with van der Waals surface area (Å²) in [5, 5.41) is 0. The van der Waals surface area contributed by atoms with Crippen molar-refractivity contribution in [1.29, 1.82) is 0 Å². The molecule has 1 fully saturated rings. The number of nitrogens with zero attached hydrogens (tertiary/aromatic N) is 3. The molecule has 1 aliphatic heterocycles. The Hall–Kier alpha value is -1.37. The number of anilines is 1. The van der Waals surface area contributed by atoms with Gasteiger partial charge in [-0.3, -0.25) is 0 Å². The van der Waals surface area contributed by atoms with Crippen LogP contribution in [0.4, 0.5) is 19.1 Å². The third-order valence-electron chi connectivity index (χ3n) is 3.27. The fourth-order valence-corrected chi connectivity index (χ4v) is 2.02. The summed E-state index contributed by atoms with van der Waals surface area (Å²) in [5.74, 6) is 0.127. The first-order chi connectivity index (χ1) is 8.34. The molecular formula is C11H15F3N4. The largest absolute Gasteiger partial charge is 0.433 e. The lowest BCUT2D eigenvalue weighted by atomic mass is 9.90. The molecule has 2 N–H and O–H groups in total. The van der Waals surface area contributed by atoms with Gasteiger partial charge in [0.15, 0.2) is 0 Å². The zero-order valence-electron chi connectivity index (χ0n) is 10.0. The van der Waals surface area contributed by atoms with E-state index in [4.69, 9.17) is 5.73 Å². The number of hydrogen-bond acceptors (Lipinski definition) is 4. The van der Waals surface area contributed by atoms with Crippen LogP contribution in [0.2, 0.25) is 0 Å². The summed E-state index contributed by atoms with van der Waals surface area (Å²) in [5.41, 5.74) is 4.68. The van der Waals surface area contributed by atoms with E-state index in [1.807, 2.05) is 6.92 Å². The van der Waals surface area contributed by atoms with Gasteiger partial charge in [-0.2, -0.15) is 13.2 Å². The van der Waals surface area contributed by atoms with Crippen LogP contribution in [-0.4, -0.2) is 29.6 Å². The first-order valence-electron chi connectivity index (χ1n) is 5.69. The highest BCUT2D eigenvalue weighted by atomic mass is 19.4. The minimum atomic E-state index is -4.44. The Kier molecular flexibility index (Phi) is 3.18. The van der Waals surface area contributed by atoms with Crippen LogP contribution >= 0.6 is 0 Å². The molecule has 7 heteroatoms. The number of alkyl halides is 3. The first-order valence-corrected chi connectivity index (χ1v) is 5.69. The maximum atomic E-state index is 12.5. The van der Waals surface area contributed by atoms with Crippen molar-refractivity contribution in [3.63, 3.8) is 0 Å². The molecule has 2 heterocycles. The topological polar surface area (TPSA) is 55.0 Å². The molecule has 0 amide bonds. The Morgan fingerprint density at radius 1 is 1.50 bits per heavy atom. The van der Waals surface area contributed by atoms with E-state index < -0.39 is 11.9 Å². The third kappa shape index (κ3) is 2.55. The summed E-state index contributed by atoms with van der Waals surface area (Å²) in [6.45, 7) is 3.74. The lowest BCUT2D eigenvalue weighted by molar-refractivity contribution is -0.141. The molecule has 1 aliphatic rings. The quantitative estimate of drug-likeness (QED) is 0.878. The molecule has 1 aromatic rings. The first kappa shape index (κ1) is 13.1. The Morgan fingerprint density at radius 3 is 2.78 bits per heavy atom. The molecule has 1 saturated heterocycles. The molecule has 18 heavy (non-hydrogen) atoms. The number of halogens is 3. The van der Waals surface area contributed by atoms with Crippen molar-refractivity contribution in [3.8, 4) is 0 Å². The Morgan fingerprint density at radius 2 is 2.22 bits per heavy atom. The lowest BCUT2D eigenvalue weighted by Gasteiger charge is -2.22. The van der Waals surface area contributed by atoms with Gasteiger partial charge in [-0.15, -0.1) is 0 Å². The van der Waals surface area contributed by atoms with Gasteiger partial charge in [0.2, 0.25) is 5.95 Å². The molecule has 2 rings (SSSR count). The molecule has 4 nitrogen and oxygen atoms in total. The molecule has 1 atom stereocenters. The molecule has 0 aromatic carbocycles. The van der Waals surface area contributed by atoms with Gasteiger partial charge < -0.3 is 10.6 Å². The maximum Gasteiger partial charge on any atom is 0.433 e. The van der Waals surface area contributed by atoms with Gasteiger partial charge in [-0.25, -0.2) is 9.97 Å². The highest BCUT2D eigenvalue weighted by Gasteiger charge is 2.36. The van der Waals surface area contributed by atoms with E-state index in [2.05, 4.69) is 9.97 Å². The fraction of sp³-hybridized carbons (Fsp3) is 0.636. The number of rotatable bonds is 2. The van der Waals surface area contributed by atoms with Crippen LogP contribution in [0, 0.1) is 5.41 Å². The third-order valence-corrected chi connectivity index (χ3v) is 3.27. The van der Waals surface area contributed by atoms with Crippen molar-refractivity contribution in [3.05, 3.63) is 18.0 Å². The molecule has 1 unspecified atom stereocenters. The van der Waals surface area contributed by atoms with Gasteiger partial charge in [0, 0.05) is 19.3 Å². The van der Waals surface area contributed by atoms with E-state index in [0.717, 1.165) is 18.7 Å². The summed E-state index contributed by atoms with van der Waals surface area (Å²) in [6, 6.07) is 0.877. The van der Waals surface area contributed by atoms with Crippen molar-refractivity contribution >= 4 is 5.95 Å². The van der Waals surface area contributed by atoms with E-state index in [0.29, 0.717) is 19.6 Å². The van der Waals surface area contributed by atoms with Crippen LogP contribution in [0.1, 0.15) is 19.0 Å². The van der Waals surface area contributed by atoms with Crippen molar-refractivity contribution < 1.29 is 13.2 Å². The van der Waals surface area contributed by atoms with E-state index in [1.165, 1.54) is 0 Å². The molecule has 0 bridgehead atoms. The van der Waals surface area contributed by atoms with Crippen LogP contribution in [0.3, 0.4) is 0 Å². The number of hydrogen-bond donors (Lipinski definition) is 1. The predicted octanol–water partition coefficient (Wildman–Crippen LogP) is 1.67. The Balaban J connectivity index is 2.21. The summed E-state index contributed by atoms with van der Waals surface area (Å²) in [6.07, 6.45) is -2.46. The second-order valence-electron chi connectivity index (χ2n) is 4.93. The van der Waals surface area contributed by atoms with Crippen molar-refractivity contribution in [2.45, 2.75) is 19.5 Å². The average molecular weight is 260 g/mol. The van der Waals surface area contributed by atoms with E-state index >= 15 is 0 Å². The minimum absolute atomic E-state index is 0.0718. The number of aromatic nitrogens is 2. The van der Waals surface area contributed by atoms with Crippen molar-refractivity contribution in [2.75, 3.05) is 24.5 Å². The zero-order valence-corrected chi connectivity index (χ0v) is 10.0. The normalized spacial score (nSPS) is 24.6. The van der Waals surface area contributed by atoms with E-state index in [-0.39, 0.29) is 11.4 Å². The molecular weight excluding hydrogens is 245 g/mol. The average Bonchev–Trinajstić information content (AvgIpc) is 2.72. The standard InChI is InChI=1S/C11H15F3N4/c1-10(6-15)3-5-18(7-10)9-16-4-2-8(17-9)11(12,13)14/h2,4H,3,5-7,15H2,1H3. The predicted molar refractivity (Wildman–Crippen MR) is 61.0 cm³/mol. The fourth-order valence-electron chi connectivity index (χ4n) is 2.02. The molecule has 1 aromatic heterocycles. The molecule has 0 radical (unpaired) electrons. The highest BCUT2D eigenvalue weighted by Crippen LogP contribution is 2.32. The molecule has 100 valence electrons. The minimum Gasteiger partial charge on any atom is -0.340 e. The maximum absolute atomic E-state index is 12.5. The van der Waals surface area contributed by atoms with Crippen LogP contribution in [-0.2, 0) is 6.18 Å². The van der Waals surface area contributed by atoms with E-state index in [1.54, 1.807) is 4.90 Å².